The van der Waals surface area contributed by atoms with Crippen molar-refractivity contribution in [1.29, 1.82) is 0 Å². The van der Waals surface area contributed by atoms with Crippen LogP contribution in [0.5, 0.6) is 0 Å². The summed E-state index contributed by atoms with van der Waals surface area (Å²) in [5, 5.41) is 12.4. The number of pyridine rings is 1. The number of hydrogen-bond donors (Lipinski definition) is 1. The summed E-state index contributed by atoms with van der Waals surface area (Å²) >= 11 is 6.17. The van der Waals surface area contributed by atoms with E-state index in [0.29, 0.717) is 17.1 Å². The highest BCUT2D eigenvalue weighted by Crippen LogP contribution is 2.21. The number of aromatic nitrogens is 3. The van der Waals surface area contributed by atoms with Crippen molar-refractivity contribution in [2.24, 2.45) is 4.99 Å². The van der Waals surface area contributed by atoms with Crippen LogP contribution in [0.4, 0.5) is 4.39 Å². The Labute approximate surface area is 209 Å². The average molecular weight is 572 g/mol. The van der Waals surface area contributed by atoms with Crippen LogP contribution in [-0.2, 0) is 13.0 Å². The number of benzene rings is 1. The highest BCUT2D eigenvalue weighted by Gasteiger charge is 2.21. The van der Waals surface area contributed by atoms with E-state index in [1.54, 1.807) is 19.2 Å². The van der Waals surface area contributed by atoms with E-state index in [-0.39, 0.29) is 29.8 Å². The standard InChI is InChI=1S/C22H27ClFN7.HI/c1-25-22(26-10-5-9-21-28-27-20-8-2-3-11-31(20)21)30-14-12-29(13-15-30)16-17-18(23)6-4-7-19(17)24;/h2-4,6-8,11H,5,9-10,12-16H2,1H3,(H,25,26);1H. The lowest BCUT2D eigenvalue weighted by Gasteiger charge is -2.36. The lowest BCUT2D eigenvalue weighted by Crippen LogP contribution is -2.52. The summed E-state index contributed by atoms with van der Waals surface area (Å²) in [6, 6.07) is 10.7. The predicted octanol–water partition coefficient (Wildman–Crippen LogP) is 3.47. The van der Waals surface area contributed by atoms with Gasteiger partial charge in [-0.1, -0.05) is 23.7 Å². The van der Waals surface area contributed by atoms with Gasteiger partial charge in [-0.3, -0.25) is 14.3 Å². The smallest absolute Gasteiger partial charge is 0.193 e. The molecule has 0 bridgehead atoms. The van der Waals surface area contributed by atoms with E-state index in [4.69, 9.17) is 11.6 Å². The van der Waals surface area contributed by atoms with Gasteiger partial charge in [-0.2, -0.15) is 0 Å². The largest absolute Gasteiger partial charge is 0.356 e. The monoisotopic (exact) mass is 571 g/mol. The zero-order chi connectivity index (χ0) is 21.6. The Morgan fingerprint density at radius 2 is 1.94 bits per heavy atom. The lowest BCUT2D eigenvalue weighted by molar-refractivity contribution is 0.171. The van der Waals surface area contributed by atoms with E-state index in [1.165, 1.54) is 6.07 Å². The third kappa shape index (κ3) is 5.87. The summed E-state index contributed by atoms with van der Waals surface area (Å²) in [4.78, 5) is 8.90. The van der Waals surface area contributed by atoms with Crippen molar-refractivity contribution in [3.8, 4) is 0 Å². The number of halogens is 3. The summed E-state index contributed by atoms with van der Waals surface area (Å²) in [5.41, 5.74) is 1.44. The Morgan fingerprint density at radius 3 is 2.69 bits per heavy atom. The van der Waals surface area contributed by atoms with E-state index in [0.717, 1.165) is 63.0 Å². The minimum absolute atomic E-state index is 0. The van der Waals surface area contributed by atoms with Crippen LogP contribution in [0.2, 0.25) is 5.02 Å². The molecule has 0 spiro atoms. The van der Waals surface area contributed by atoms with E-state index in [1.807, 2.05) is 28.8 Å². The number of nitrogens with one attached hydrogen (secondary N) is 1. The first-order valence-corrected chi connectivity index (χ1v) is 10.9. The fourth-order valence-electron chi connectivity index (χ4n) is 3.87. The van der Waals surface area contributed by atoms with Crippen molar-refractivity contribution < 1.29 is 4.39 Å². The fourth-order valence-corrected chi connectivity index (χ4v) is 4.09. The Bertz CT molecular complexity index is 1030. The van der Waals surface area contributed by atoms with Crippen LogP contribution in [0.15, 0.2) is 47.6 Å². The molecular weight excluding hydrogens is 544 g/mol. The van der Waals surface area contributed by atoms with Crippen molar-refractivity contribution in [1.82, 2.24) is 29.7 Å². The maximum absolute atomic E-state index is 14.1. The number of guanidine groups is 1. The predicted molar refractivity (Wildman–Crippen MR) is 136 cm³/mol. The Morgan fingerprint density at radius 1 is 1.12 bits per heavy atom. The molecule has 1 fully saturated rings. The van der Waals surface area contributed by atoms with Gasteiger partial charge in [0.25, 0.3) is 0 Å². The third-order valence-corrected chi connectivity index (χ3v) is 5.93. The molecule has 172 valence electrons. The summed E-state index contributed by atoms with van der Waals surface area (Å²) in [7, 11) is 1.81. The number of aryl methyl sites for hydroxylation is 1. The maximum atomic E-state index is 14.1. The Hall–Kier alpha value is -1.98. The molecule has 0 radical (unpaired) electrons. The molecule has 0 unspecified atom stereocenters. The van der Waals surface area contributed by atoms with Crippen molar-refractivity contribution in [2.45, 2.75) is 19.4 Å². The van der Waals surface area contributed by atoms with Crippen molar-refractivity contribution in [3.05, 3.63) is 64.8 Å². The van der Waals surface area contributed by atoms with Gasteiger partial charge in [-0.25, -0.2) is 4.39 Å². The van der Waals surface area contributed by atoms with Gasteiger partial charge in [0.15, 0.2) is 11.6 Å². The fraction of sp³-hybridized carbons (Fsp3) is 0.409. The van der Waals surface area contributed by atoms with Gasteiger partial charge in [0, 0.05) is 69.5 Å². The molecule has 3 aromatic rings. The average Bonchev–Trinajstić information content (AvgIpc) is 3.20. The summed E-state index contributed by atoms with van der Waals surface area (Å²) < 4.78 is 16.1. The number of nitrogens with zero attached hydrogens (tertiary/aromatic N) is 6. The maximum Gasteiger partial charge on any atom is 0.193 e. The first kappa shape index (κ1) is 24.7. The molecule has 32 heavy (non-hydrogen) atoms. The second-order valence-electron chi connectivity index (χ2n) is 7.59. The molecule has 7 nitrogen and oxygen atoms in total. The van der Waals surface area contributed by atoms with E-state index in [9.17, 15) is 4.39 Å². The van der Waals surface area contributed by atoms with Crippen LogP contribution in [0.25, 0.3) is 5.65 Å². The molecule has 1 N–H and O–H groups in total. The van der Waals surface area contributed by atoms with Crippen molar-refractivity contribution >= 4 is 47.2 Å². The molecule has 0 amide bonds. The van der Waals surface area contributed by atoms with Crippen molar-refractivity contribution in [3.63, 3.8) is 0 Å². The molecule has 0 saturated carbocycles. The molecule has 1 saturated heterocycles. The molecule has 2 aromatic heterocycles. The first-order chi connectivity index (χ1) is 15.2. The zero-order valence-corrected chi connectivity index (χ0v) is 21.1. The molecule has 10 heteroatoms. The zero-order valence-electron chi connectivity index (χ0n) is 18.0. The molecule has 1 aromatic carbocycles. The van der Waals surface area contributed by atoms with Gasteiger partial charge < -0.3 is 10.2 Å². The van der Waals surface area contributed by atoms with Gasteiger partial charge >= 0.3 is 0 Å². The summed E-state index contributed by atoms with van der Waals surface area (Å²) in [6.07, 6.45) is 3.76. The quantitative estimate of drug-likeness (QED) is 0.213. The van der Waals surface area contributed by atoms with Gasteiger partial charge in [-0.05, 0) is 30.7 Å². The highest BCUT2D eigenvalue weighted by atomic mass is 127. The van der Waals surface area contributed by atoms with E-state index in [2.05, 4.69) is 30.3 Å². The van der Waals surface area contributed by atoms with Crippen molar-refractivity contribution in [2.75, 3.05) is 39.8 Å². The van der Waals surface area contributed by atoms with Gasteiger partial charge in [0.2, 0.25) is 0 Å². The Kier molecular flexibility index (Phi) is 9.06. The van der Waals surface area contributed by atoms with Crippen LogP contribution in [0.3, 0.4) is 0 Å². The molecule has 1 aliphatic rings. The molecule has 4 rings (SSSR count). The molecule has 1 aliphatic heterocycles. The normalized spacial score (nSPS) is 15.1. The molecule has 3 heterocycles. The SMILES string of the molecule is CN=C(NCCCc1nnc2ccccn12)N1CCN(Cc2c(F)cccc2Cl)CC1.I. The lowest BCUT2D eigenvalue weighted by atomic mass is 10.2. The molecular formula is C22H28ClFIN7. The van der Waals surface area contributed by atoms with Crippen LogP contribution in [-0.4, -0.2) is 70.1 Å². The summed E-state index contributed by atoms with van der Waals surface area (Å²) in [5.74, 6) is 1.62. The van der Waals surface area contributed by atoms with Gasteiger partial charge in [0.1, 0.15) is 11.6 Å². The Balaban J connectivity index is 0.00000289. The summed E-state index contributed by atoms with van der Waals surface area (Å²) in [6.45, 7) is 4.66. The number of piperazine rings is 1. The van der Waals surface area contributed by atoms with Crippen LogP contribution in [0.1, 0.15) is 17.8 Å². The molecule has 0 aliphatic carbocycles. The van der Waals surface area contributed by atoms with Crippen LogP contribution < -0.4 is 5.32 Å². The number of fused-ring (bicyclic) bond motifs is 1. The van der Waals surface area contributed by atoms with E-state index < -0.39 is 0 Å². The van der Waals surface area contributed by atoms with E-state index >= 15 is 0 Å². The topological polar surface area (TPSA) is 61.1 Å². The number of rotatable bonds is 6. The van der Waals surface area contributed by atoms with Gasteiger partial charge in [0.05, 0.1) is 0 Å². The van der Waals surface area contributed by atoms with Crippen LogP contribution in [0, 0.1) is 5.82 Å². The second-order valence-corrected chi connectivity index (χ2v) is 7.99. The molecule has 0 atom stereocenters. The number of hydrogen-bond acceptors (Lipinski definition) is 4. The number of aliphatic imine (C=N–C) groups is 1. The second kappa shape index (κ2) is 11.8. The van der Waals surface area contributed by atoms with Crippen LogP contribution >= 0.6 is 35.6 Å². The highest BCUT2D eigenvalue weighted by molar-refractivity contribution is 14.0. The minimum atomic E-state index is -0.243. The first-order valence-electron chi connectivity index (χ1n) is 10.5. The minimum Gasteiger partial charge on any atom is -0.356 e. The third-order valence-electron chi connectivity index (χ3n) is 5.57. The van der Waals surface area contributed by atoms with Gasteiger partial charge in [-0.15, -0.1) is 34.2 Å².